The number of nitrogens with zero attached hydrogens (tertiary/aromatic N) is 1. The summed E-state index contributed by atoms with van der Waals surface area (Å²) in [5.74, 6) is 0. The number of nitriles is 1. The number of carbonyl (C=O) groups is 1. The first-order chi connectivity index (χ1) is 3.68. The van der Waals surface area contributed by atoms with Crippen LogP contribution in [0.15, 0.2) is 0 Å². The molecule has 3 N–H and O–H groups in total. The van der Waals surface area contributed by atoms with E-state index in [0.29, 0.717) is 0 Å². The largest absolute Gasteiger partial charge is 0.483 e. The number of hydrogen-bond donors (Lipinski definition) is 2. The highest BCUT2D eigenvalue weighted by Gasteiger charge is 1.78. The van der Waals surface area contributed by atoms with Crippen molar-refractivity contribution in [2.75, 3.05) is 0 Å². The van der Waals surface area contributed by atoms with Gasteiger partial charge in [0, 0.05) is 0 Å². The molecule has 0 saturated carbocycles. The Morgan fingerprint density at radius 2 is 2.12 bits per heavy atom. The second kappa shape index (κ2) is 9.33. The molecule has 0 amide bonds. The predicted octanol–water partition coefficient (Wildman–Crippen LogP) is -0.442. The van der Waals surface area contributed by atoms with Crippen molar-refractivity contribution in [3.8, 4) is 6.07 Å². The molecule has 1 unspecified atom stereocenters. The van der Waals surface area contributed by atoms with E-state index in [-0.39, 0.29) is 12.5 Å². The van der Waals surface area contributed by atoms with E-state index in [9.17, 15) is 0 Å². The van der Waals surface area contributed by atoms with E-state index >= 15 is 0 Å². The summed E-state index contributed by atoms with van der Waals surface area (Å²) in [6, 6.07) is 1.50. The normalized spacial score (nSPS) is 9.62. The Bertz CT molecular complexity index is 84.5. The van der Waals surface area contributed by atoms with Gasteiger partial charge in [0.1, 0.15) is 0 Å². The quantitative estimate of drug-likeness (QED) is 0.420. The molecule has 0 aliphatic rings. The topological polar surface area (TPSA) is 87.1 Å². The van der Waals surface area contributed by atoms with Crippen LogP contribution in [0.5, 0.6) is 0 Å². The van der Waals surface area contributed by atoms with Gasteiger partial charge in [0.25, 0.3) is 6.47 Å². The number of hydrogen-bond acceptors (Lipinski definition) is 3. The molecule has 0 heterocycles. The molecule has 0 fully saturated rings. The maximum Gasteiger partial charge on any atom is 0.290 e. The van der Waals surface area contributed by atoms with Crippen molar-refractivity contribution in [2.45, 2.75) is 13.0 Å². The lowest BCUT2D eigenvalue weighted by molar-refractivity contribution is -0.122. The molecule has 4 nitrogen and oxygen atoms in total. The van der Waals surface area contributed by atoms with Crippen molar-refractivity contribution in [3.63, 3.8) is 0 Å². The smallest absolute Gasteiger partial charge is 0.290 e. The Balaban J connectivity index is 0. The minimum Gasteiger partial charge on any atom is -0.483 e. The highest BCUT2D eigenvalue weighted by molar-refractivity contribution is 5.32. The standard InChI is InChI=1S/C3H6N2.CH2O2/c1-3(5)2-4;2-1-3/h3H,5H2,1H3;1H,(H,2,3). The van der Waals surface area contributed by atoms with Gasteiger partial charge in [0.05, 0.1) is 12.1 Å². The highest BCUT2D eigenvalue weighted by Crippen LogP contribution is 1.59. The number of rotatable bonds is 0. The molecule has 0 aromatic heterocycles. The van der Waals surface area contributed by atoms with Gasteiger partial charge in [-0.1, -0.05) is 0 Å². The van der Waals surface area contributed by atoms with Crippen molar-refractivity contribution >= 4 is 6.47 Å². The van der Waals surface area contributed by atoms with Crippen LogP contribution in [0, 0.1) is 11.3 Å². The monoisotopic (exact) mass is 116 g/mol. The zero-order valence-corrected chi connectivity index (χ0v) is 4.53. The fourth-order valence-electron chi connectivity index (χ4n) is 0. The van der Waals surface area contributed by atoms with Crippen molar-refractivity contribution in [1.29, 1.82) is 5.26 Å². The molecule has 0 bridgehead atoms. The minimum absolute atomic E-state index is 0.250. The molecule has 0 rings (SSSR count). The Labute approximate surface area is 47.5 Å². The van der Waals surface area contributed by atoms with Crippen LogP contribution in [0.1, 0.15) is 6.92 Å². The van der Waals surface area contributed by atoms with Crippen LogP contribution in [0.4, 0.5) is 0 Å². The lowest BCUT2D eigenvalue weighted by Crippen LogP contribution is -2.09. The van der Waals surface area contributed by atoms with Crippen LogP contribution in [0.2, 0.25) is 0 Å². The summed E-state index contributed by atoms with van der Waals surface area (Å²) in [5, 5.41) is 14.7. The summed E-state index contributed by atoms with van der Waals surface area (Å²) in [5.41, 5.74) is 4.93. The van der Waals surface area contributed by atoms with Crippen LogP contribution in [-0.4, -0.2) is 17.6 Å². The third-order valence-electron chi connectivity index (χ3n) is 0.204. The molecule has 46 valence electrons. The number of nitrogens with two attached hydrogens (primary N) is 1. The van der Waals surface area contributed by atoms with Crippen molar-refractivity contribution < 1.29 is 9.90 Å². The second-order valence-corrected chi connectivity index (χ2v) is 1.02. The average Bonchev–Trinajstić information content (AvgIpc) is 1.69. The molecule has 0 spiro atoms. The van der Waals surface area contributed by atoms with Gasteiger partial charge in [-0.05, 0) is 6.92 Å². The second-order valence-electron chi connectivity index (χ2n) is 1.02. The Kier molecular flexibility index (Phi) is 11.7. The van der Waals surface area contributed by atoms with Gasteiger partial charge in [-0.3, -0.25) is 4.79 Å². The molecule has 0 aliphatic heterocycles. The van der Waals surface area contributed by atoms with E-state index in [2.05, 4.69) is 0 Å². The summed E-state index contributed by atoms with van der Waals surface area (Å²) in [4.78, 5) is 8.36. The molecule has 4 heteroatoms. The first-order valence-electron chi connectivity index (χ1n) is 1.92. The molecule has 0 saturated heterocycles. The van der Waals surface area contributed by atoms with Crippen LogP contribution >= 0.6 is 0 Å². The summed E-state index contributed by atoms with van der Waals surface area (Å²) >= 11 is 0. The zero-order valence-electron chi connectivity index (χ0n) is 4.53. The Morgan fingerprint density at radius 1 is 2.00 bits per heavy atom. The summed E-state index contributed by atoms with van der Waals surface area (Å²) < 4.78 is 0. The van der Waals surface area contributed by atoms with Gasteiger partial charge in [-0.15, -0.1) is 0 Å². The maximum atomic E-state index is 8.36. The first-order valence-corrected chi connectivity index (χ1v) is 1.92. The highest BCUT2D eigenvalue weighted by atomic mass is 16.3. The summed E-state index contributed by atoms with van der Waals surface area (Å²) in [6.07, 6.45) is 0. The summed E-state index contributed by atoms with van der Waals surface area (Å²) in [7, 11) is 0. The van der Waals surface area contributed by atoms with E-state index in [0.717, 1.165) is 0 Å². The molecule has 0 radical (unpaired) electrons. The third kappa shape index (κ3) is 89.3. The van der Waals surface area contributed by atoms with Gasteiger partial charge in [-0.2, -0.15) is 5.26 Å². The third-order valence-corrected chi connectivity index (χ3v) is 0.204. The minimum atomic E-state index is -0.310. The van der Waals surface area contributed by atoms with Gasteiger partial charge in [0.2, 0.25) is 0 Å². The SMILES string of the molecule is CC(N)C#N.O=CO. The fourth-order valence-corrected chi connectivity index (χ4v) is 0. The number of carboxylic acid groups (broad SMARTS) is 1. The van der Waals surface area contributed by atoms with Crippen molar-refractivity contribution in [2.24, 2.45) is 5.73 Å². The Morgan fingerprint density at radius 3 is 2.12 bits per heavy atom. The molecule has 8 heavy (non-hydrogen) atoms. The van der Waals surface area contributed by atoms with Crippen LogP contribution in [0.3, 0.4) is 0 Å². The maximum absolute atomic E-state index is 8.36. The van der Waals surface area contributed by atoms with E-state index in [1.54, 1.807) is 13.0 Å². The molecule has 0 aliphatic carbocycles. The van der Waals surface area contributed by atoms with Crippen molar-refractivity contribution in [3.05, 3.63) is 0 Å². The zero-order chi connectivity index (χ0) is 6.99. The first kappa shape index (κ1) is 10.0. The average molecular weight is 116 g/mol. The molecular formula is C4H8N2O2. The van der Waals surface area contributed by atoms with E-state index in [4.69, 9.17) is 20.9 Å². The molecule has 0 aromatic rings. The summed E-state index contributed by atoms with van der Waals surface area (Å²) in [6.45, 7) is 1.39. The molecule has 1 atom stereocenters. The predicted molar refractivity (Wildman–Crippen MR) is 28.0 cm³/mol. The fraction of sp³-hybridized carbons (Fsp3) is 0.500. The Hall–Kier alpha value is -1.08. The van der Waals surface area contributed by atoms with Gasteiger partial charge in [0.15, 0.2) is 0 Å². The van der Waals surface area contributed by atoms with E-state index in [1.807, 2.05) is 0 Å². The van der Waals surface area contributed by atoms with Crippen molar-refractivity contribution in [1.82, 2.24) is 0 Å². The van der Waals surface area contributed by atoms with Crippen LogP contribution in [-0.2, 0) is 4.79 Å². The van der Waals surface area contributed by atoms with E-state index < -0.39 is 0 Å². The lowest BCUT2D eigenvalue weighted by Gasteiger charge is -1.78. The molecular weight excluding hydrogens is 108 g/mol. The van der Waals surface area contributed by atoms with Gasteiger partial charge in [-0.25, -0.2) is 0 Å². The lowest BCUT2D eigenvalue weighted by atomic mass is 10.4. The van der Waals surface area contributed by atoms with Gasteiger partial charge >= 0.3 is 0 Å². The van der Waals surface area contributed by atoms with Crippen LogP contribution < -0.4 is 5.73 Å². The van der Waals surface area contributed by atoms with Gasteiger partial charge < -0.3 is 10.8 Å². The molecule has 0 aromatic carbocycles. The van der Waals surface area contributed by atoms with Crippen LogP contribution in [0.25, 0.3) is 0 Å². The van der Waals surface area contributed by atoms with E-state index in [1.165, 1.54) is 0 Å².